The highest BCUT2D eigenvalue weighted by Gasteiger charge is 2.17. The molecule has 2 aromatic carbocycles. The molecule has 0 atom stereocenters. The Bertz CT molecular complexity index is 875. The molecule has 8 nitrogen and oxygen atoms in total. The van der Waals surface area contributed by atoms with Crippen LogP contribution in [-0.4, -0.2) is 44.6 Å². The summed E-state index contributed by atoms with van der Waals surface area (Å²) < 4.78 is 9.98. The number of methoxy groups -OCH3 is 1. The van der Waals surface area contributed by atoms with E-state index < -0.39 is 24.4 Å². The minimum Gasteiger partial charge on any atom is -0.497 e. The molecule has 2 amide bonds. The topological polar surface area (TPSA) is 109 Å². The average molecular weight is 395 g/mol. The molecule has 0 aliphatic carbocycles. The van der Waals surface area contributed by atoms with Gasteiger partial charge in [-0.3, -0.25) is 14.4 Å². The smallest absolute Gasteiger partial charge is 0.325 e. The first-order chi connectivity index (χ1) is 14.0. The van der Waals surface area contributed by atoms with E-state index in [1.807, 2.05) is 12.1 Å². The summed E-state index contributed by atoms with van der Waals surface area (Å²) in [5.74, 6) is -1.04. The number of carbonyl (C=O) groups is 3. The third-order valence-electron chi connectivity index (χ3n) is 3.92. The Labute approximate surface area is 168 Å². The Balaban J connectivity index is 1.84. The molecule has 0 spiro atoms. The number of ether oxygens (including phenoxy) is 2. The van der Waals surface area contributed by atoms with Crippen LogP contribution in [0.2, 0.25) is 0 Å². The minimum absolute atomic E-state index is 0.145. The van der Waals surface area contributed by atoms with Crippen molar-refractivity contribution in [3.8, 4) is 11.8 Å². The van der Waals surface area contributed by atoms with Crippen molar-refractivity contribution in [2.75, 3.05) is 31.7 Å². The van der Waals surface area contributed by atoms with E-state index in [0.29, 0.717) is 17.0 Å². The standard InChI is InChI=1S/C21H21N3O5/c1-28-18-10-8-16(9-11-18)21(27)23-14-20(26)29-15-19(25)24(13-5-12-22)17-6-3-2-4-7-17/h2-4,6-11H,5,13-15H2,1H3,(H,23,27). The molecular weight excluding hydrogens is 374 g/mol. The fraction of sp³-hybridized carbons (Fsp3) is 0.238. The Hall–Kier alpha value is -3.86. The molecule has 0 bridgehead atoms. The van der Waals surface area contributed by atoms with Crippen molar-refractivity contribution in [3.63, 3.8) is 0 Å². The number of para-hydroxylation sites is 1. The van der Waals surface area contributed by atoms with Gasteiger partial charge in [-0.05, 0) is 36.4 Å². The maximum absolute atomic E-state index is 12.4. The van der Waals surface area contributed by atoms with Gasteiger partial charge in [0.2, 0.25) is 0 Å². The lowest BCUT2D eigenvalue weighted by molar-refractivity contribution is -0.146. The molecular formula is C21H21N3O5. The molecule has 1 N–H and O–H groups in total. The lowest BCUT2D eigenvalue weighted by Gasteiger charge is -2.21. The van der Waals surface area contributed by atoms with Crippen LogP contribution in [-0.2, 0) is 14.3 Å². The number of hydrogen-bond donors (Lipinski definition) is 1. The van der Waals surface area contributed by atoms with Crippen molar-refractivity contribution >= 4 is 23.5 Å². The monoisotopic (exact) mass is 395 g/mol. The van der Waals surface area contributed by atoms with Crippen molar-refractivity contribution in [1.29, 1.82) is 5.26 Å². The van der Waals surface area contributed by atoms with Gasteiger partial charge in [-0.1, -0.05) is 18.2 Å². The average Bonchev–Trinajstić information content (AvgIpc) is 2.77. The van der Waals surface area contributed by atoms with Crippen molar-refractivity contribution in [2.45, 2.75) is 6.42 Å². The molecule has 2 rings (SSSR count). The highest BCUT2D eigenvalue weighted by Crippen LogP contribution is 2.14. The van der Waals surface area contributed by atoms with Crippen LogP contribution in [0.3, 0.4) is 0 Å². The van der Waals surface area contributed by atoms with Crippen LogP contribution in [0.25, 0.3) is 0 Å². The third-order valence-corrected chi connectivity index (χ3v) is 3.92. The van der Waals surface area contributed by atoms with Crippen LogP contribution < -0.4 is 15.0 Å². The lowest BCUT2D eigenvalue weighted by Crippen LogP contribution is -2.37. The van der Waals surface area contributed by atoms with E-state index >= 15 is 0 Å². The third kappa shape index (κ3) is 6.66. The first kappa shape index (κ1) is 21.4. The second-order valence-electron chi connectivity index (χ2n) is 5.86. The van der Waals surface area contributed by atoms with E-state index in [9.17, 15) is 14.4 Å². The Morgan fingerprint density at radius 2 is 1.76 bits per heavy atom. The molecule has 0 saturated carbocycles. The fourth-order valence-corrected chi connectivity index (χ4v) is 2.44. The van der Waals surface area contributed by atoms with E-state index in [1.165, 1.54) is 12.0 Å². The zero-order chi connectivity index (χ0) is 21.1. The number of esters is 1. The quantitative estimate of drug-likeness (QED) is 0.650. The van der Waals surface area contributed by atoms with E-state index in [-0.39, 0.29) is 19.5 Å². The second-order valence-corrected chi connectivity index (χ2v) is 5.86. The molecule has 150 valence electrons. The summed E-state index contributed by atoms with van der Waals surface area (Å²) >= 11 is 0. The maximum Gasteiger partial charge on any atom is 0.325 e. The number of rotatable bonds is 9. The van der Waals surface area contributed by atoms with Gasteiger partial charge in [-0.15, -0.1) is 0 Å². The Morgan fingerprint density at radius 1 is 1.07 bits per heavy atom. The summed E-state index contributed by atoms with van der Waals surface area (Å²) in [5, 5.41) is 11.2. The zero-order valence-electron chi connectivity index (χ0n) is 16.0. The molecule has 0 unspecified atom stereocenters. The normalized spacial score (nSPS) is 9.79. The molecule has 0 aromatic heterocycles. The van der Waals surface area contributed by atoms with Crippen LogP contribution in [0.15, 0.2) is 54.6 Å². The maximum atomic E-state index is 12.4. The van der Waals surface area contributed by atoms with Gasteiger partial charge in [0.1, 0.15) is 12.3 Å². The van der Waals surface area contributed by atoms with Gasteiger partial charge in [0.25, 0.3) is 11.8 Å². The number of benzene rings is 2. The van der Waals surface area contributed by atoms with Gasteiger partial charge in [-0.2, -0.15) is 5.26 Å². The van der Waals surface area contributed by atoms with Gasteiger partial charge < -0.3 is 19.7 Å². The van der Waals surface area contributed by atoms with E-state index in [0.717, 1.165) is 0 Å². The largest absolute Gasteiger partial charge is 0.497 e. The van der Waals surface area contributed by atoms with Crippen molar-refractivity contribution < 1.29 is 23.9 Å². The lowest BCUT2D eigenvalue weighted by atomic mass is 10.2. The number of hydrogen-bond acceptors (Lipinski definition) is 6. The number of carbonyl (C=O) groups excluding carboxylic acids is 3. The summed E-state index contributed by atoms with van der Waals surface area (Å²) in [7, 11) is 1.52. The van der Waals surface area contributed by atoms with Gasteiger partial charge in [0, 0.05) is 17.8 Å². The highest BCUT2D eigenvalue weighted by molar-refractivity contribution is 5.97. The van der Waals surface area contributed by atoms with E-state index in [1.54, 1.807) is 48.5 Å². The van der Waals surface area contributed by atoms with Crippen LogP contribution in [0.5, 0.6) is 5.75 Å². The Morgan fingerprint density at radius 3 is 2.38 bits per heavy atom. The molecule has 29 heavy (non-hydrogen) atoms. The summed E-state index contributed by atoms with van der Waals surface area (Å²) in [5.41, 5.74) is 0.970. The van der Waals surface area contributed by atoms with Crippen molar-refractivity contribution in [1.82, 2.24) is 5.32 Å². The summed E-state index contributed by atoms with van der Waals surface area (Å²) in [6.07, 6.45) is 0.145. The predicted octanol–water partition coefficient (Wildman–Crippen LogP) is 1.92. The first-order valence-electron chi connectivity index (χ1n) is 8.85. The van der Waals surface area contributed by atoms with Crippen molar-refractivity contribution in [3.05, 3.63) is 60.2 Å². The van der Waals surface area contributed by atoms with Crippen LogP contribution in [0.1, 0.15) is 16.8 Å². The fourth-order valence-electron chi connectivity index (χ4n) is 2.44. The molecule has 0 aliphatic rings. The molecule has 0 heterocycles. The molecule has 0 aliphatic heterocycles. The number of amides is 2. The zero-order valence-corrected chi connectivity index (χ0v) is 16.0. The summed E-state index contributed by atoms with van der Waals surface area (Å²) in [6.45, 7) is -0.676. The highest BCUT2D eigenvalue weighted by atomic mass is 16.5. The molecule has 0 saturated heterocycles. The van der Waals surface area contributed by atoms with Crippen molar-refractivity contribution in [2.24, 2.45) is 0 Å². The molecule has 2 aromatic rings. The molecule has 0 fully saturated rings. The minimum atomic E-state index is -0.742. The first-order valence-corrected chi connectivity index (χ1v) is 8.85. The molecule has 8 heteroatoms. The van der Waals surface area contributed by atoms with Gasteiger partial charge in [0.15, 0.2) is 6.61 Å². The summed E-state index contributed by atoms with van der Waals surface area (Å²) in [4.78, 5) is 37.7. The summed E-state index contributed by atoms with van der Waals surface area (Å²) in [6, 6.07) is 17.2. The number of anilines is 1. The SMILES string of the molecule is COc1ccc(C(=O)NCC(=O)OCC(=O)N(CCC#N)c2ccccc2)cc1. The predicted molar refractivity (Wildman–Crippen MR) is 105 cm³/mol. The van der Waals surface area contributed by atoms with Crippen LogP contribution in [0.4, 0.5) is 5.69 Å². The van der Waals surface area contributed by atoms with Gasteiger partial charge in [0.05, 0.1) is 19.6 Å². The number of nitrogens with one attached hydrogen (secondary N) is 1. The van der Waals surface area contributed by atoms with Gasteiger partial charge >= 0.3 is 5.97 Å². The Kier molecular flexibility index (Phi) is 8.20. The van der Waals surface area contributed by atoms with Crippen LogP contribution in [0, 0.1) is 11.3 Å². The van der Waals surface area contributed by atoms with Gasteiger partial charge in [-0.25, -0.2) is 0 Å². The molecule has 0 radical (unpaired) electrons. The van der Waals surface area contributed by atoms with E-state index in [4.69, 9.17) is 14.7 Å². The number of nitriles is 1. The number of nitrogens with zero attached hydrogens (tertiary/aromatic N) is 2. The second kappa shape index (κ2) is 11.1. The van der Waals surface area contributed by atoms with E-state index in [2.05, 4.69) is 5.32 Å². The van der Waals surface area contributed by atoms with Crippen LogP contribution >= 0.6 is 0 Å².